The van der Waals surface area contributed by atoms with Crippen LogP contribution in [0.5, 0.6) is 0 Å². The standard InChI is InChI=1S/C16H27N3O2.HI/c1-4-21-11-7-10-18-16(17-2)19-12-14-8-5-6-9-15(14)13-20-3;/h5-6,8-9H,4,7,10-13H2,1-3H3,(H2,17,18,19);1H. The van der Waals surface area contributed by atoms with E-state index in [1.807, 2.05) is 19.1 Å². The van der Waals surface area contributed by atoms with Crippen molar-refractivity contribution in [3.63, 3.8) is 0 Å². The highest BCUT2D eigenvalue weighted by atomic mass is 127. The first-order chi connectivity index (χ1) is 10.3. The van der Waals surface area contributed by atoms with Gasteiger partial charge in [-0.1, -0.05) is 24.3 Å². The molecule has 0 aliphatic carbocycles. The molecule has 0 unspecified atom stereocenters. The molecule has 0 fully saturated rings. The summed E-state index contributed by atoms with van der Waals surface area (Å²) >= 11 is 0. The van der Waals surface area contributed by atoms with Gasteiger partial charge < -0.3 is 20.1 Å². The fourth-order valence-electron chi connectivity index (χ4n) is 1.95. The lowest BCUT2D eigenvalue weighted by molar-refractivity contribution is 0.145. The zero-order chi connectivity index (χ0) is 15.3. The van der Waals surface area contributed by atoms with Crippen LogP contribution in [0.25, 0.3) is 0 Å². The molecule has 22 heavy (non-hydrogen) atoms. The molecule has 0 heterocycles. The molecule has 1 aromatic carbocycles. The molecule has 0 saturated heterocycles. The topological polar surface area (TPSA) is 54.9 Å². The molecule has 0 aliphatic heterocycles. The summed E-state index contributed by atoms with van der Waals surface area (Å²) in [5, 5.41) is 6.60. The number of halogens is 1. The lowest BCUT2D eigenvalue weighted by Gasteiger charge is -2.14. The highest BCUT2D eigenvalue weighted by molar-refractivity contribution is 14.0. The average Bonchev–Trinajstić information content (AvgIpc) is 2.51. The zero-order valence-electron chi connectivity index (χ0n) is 13.7. The van der Waals surface area contributed by atoms with Gasteiger partial charge in [0.05, 0.1) is 6.61 Å². The van der Waals surface area contributed by atoms with E-state index in [1.54, 1.807) is 14.2 Å². The van der Waals surface area contributed by atoms with E-state index in [-0.39, 0.29) is 24.0 Å². The third-order valence-electron chi connectivity index (χ3n) is 3.05. The summed E-state index contributed by atoms with van der Waals surface area (Å²) in [6, 6.07) is 8.25. The molecule has 5 nitrogen and oxygen atoms in total. The Kier molecular flexibility index (Phi) is 13.2. The molecule has 0 aromatic heterocycles. The normalized spacial score (nSPS) is 11.0. The largest absolute Gasteiger partial charge is 0.382 e. The lowest BCUT2D eigenvalue weighted by atomic mass is 10.1. The fourth-order valence-corrected chi connectivity index (χ4v) is 1.95. The second-order valence-electron chi connectivity index (χ2n) is 4.60. The first-order valence-electron chi connectivity index (χ1n) is 7.39. The Morgan fingerprint density at radius 1 is 1.18 bits per heavy atom. The molecule has 0 aliphatic rings. The zero-order valence-corrected chi connectivity index (χ0v) is 16.1. The highest BCUT2D eigenvalue weighted by Crippen LogP contribution is 2.09. The van der Waals surface area contributed by atoms with Crippen LogP contribution < -0.4 is 10.6 Å². The van der Waals surface area contributed by atoms with E-state index in [2.05, 4.69) is 27.8 Å². The van der Waals surface area contributed by atoms with Gasteiger partial charge in [-0.15, -0.1) is 24.0 Å². The number of nitrogens with one attached hydrogen (secondary N) is 2. The Morgan fingerprint density at radius 2 is 1.91 bits per heavy atom. The third kappa shape index (κ3) is 8.55. The molecule has 1 aromatic rings. The minimum Gasteiger partial charge on any atom is -0.382 e. The smallest absolute Gasteiger partial charge is 0.191 e. The van der Waals surface area contributed by atoms with Gasteiger partial charge in [0.15, 0.2) is 5.96 Å². The minimum absolute atomic E-state index is 0. The number of aliphatic imine (C=N–C) groups is 1. The molecule has 0 amide bonds. The summed E-state index contributed by atoms with van der Waals surface area (Å²) in [6.45, 7) is 5.74. The summed E-state index contributed by atoms with van der Waals surface area (Å²) in [7, 11) is 3.49. The van der Waals surface area contributed by atoms with Gasteiger partial charge in [0.1, 0.15) is 0 Å². The van der Waals surface area contributed by atoms with Gasteiger partial charge >= 0.3 is 0 Å². The molecule has 0 radical (unpaired) electrons. The van der Waals surface area contributed by atoms with Crippen LogP contribution in [-0.4, -0.2) is 39.9 Å². The van der Waals surface area contributed by atoms with E-state index in [4.69, 9.17) is 9.47 Å². The Hall–Kier alpha value is -0.860. The maximum absolute atomic E-state index is 5.31. The summed E-state index contributed by atoms with van der Waals surface area (Å²) < 4.78 is 10.5. The quantitative estimate of drug-likeness (QED) is 0.279. The van der Waals surface area contributed by atoms with Crippen LogP contribution in [0.3, 0.4) is 0 Å². The van der Waals surface area contributed by atoms with Crippen molar-refractivity contribution in [2.45, 2.75) is 26.5 Å². The third-order valence-corrected chi connectivity index (χ3v) is 3.05. The number of rotatable bonds is 9. The summed E-state index contributed by atoms with van der Waals surface area (Å²) in [5.74, 6) is 0.804. The molecular weight excluding hydrogens is 393 g/mol. The molecule has 1 rings (SSSR count). The van der Waals surface area contributed by atoms with Gasteiger partial charge in [-0.2, -0.15) is 0 Å². The van der Waals surface area contributed by atoms with Crippen molar-refractivity contribution in [3.8, 4) is 0 Å². The van der Waals surface area contributed by atoms with Gasteiger partial charge in [-0.05, 0) is 24.5 Å². The van der Waals surface area contributed by atoms with Crippen molar-refractivity contribution in [1.29, 1.82) is 0 Å². The van der Waals surface area contributed by atoms with Gasteiger partial charge in [0.25, 0.3) is 0 Å². The van der Waals surface area contributed by atoms with Crippen molar-refractivity contribution in [3.05, 3.63) is 35.4 Å². The number of guanidine groups is 1. The Labute approximate surface area is 150 Å². The minimum atomic E-state index is 0. The van der Waals surface area contributed by atoms with Crippen LogP contribution >= 0.6 is 24.0 Å². The molecule has 6 heteroatoms. The Morgan fingerprint density at radius 3 is 2.55 bits per heavy atom. The van der Waals surface area contributed by atoms with Crippen molar-refractivity contribution in [1.82, 2.24) is 10.6 Å². The second-order valence-corrected chi connectivity index (χ2v) is 4.60. The summed E-state index contributed by atoms with van der Waals surface area (Å²) in [6.07, 6.45) is 0.967. The monoisotopic (exact) mass is 421 g/mol. The van der Waals surface area contributed by atoms with Crippen molar-refractivity contribution < 1.29 is 9.47 Å². The number of hydrogen-bond donors (Lipinski definition) is 2. The van der Waals surface area contributed by atoms with Gasteiger partial charge in [0.2, 0.25) is 0 Å². The number of nitrogens with zero attached hydrogens (tertiary/aromatic N) is 1. The number of ether oxygens (including phenoxy) is 2. The van der Waals surface area contributed by atoms with E-state index >= 15 is 0 Å². The Bertz CT molecular complexity index is 428. The highest BCUT2D eigenvalue weighted by Gasteiger charge is 2.03. The maximum atomic E-state index is 5.31. The fraction of sp³-hybridized carbons (Fsp3) is 0.562. The van der Waals surface area contributed by atoms with Crippen LogP contribution in [0, 0.1) is 0 Å². The van der Waals surface area contributed by atoms with E-state index in [0.717, 1.165) is 38.7 Å². The first-order valence-corrected chi connectivity index (χ1v) is 7.39. The summed E-state index contributed by atoms with van der Waals surface area (Å²) in [4.78, 5) is 4.22. The molecular formula is C16H28IN3O2. The maximum Gasteiger partial charge on any atom is 0.191 e. The van der Waals surface area contributed by atoms with Crippen LogP contribution in [0.4, 0.5) is 0 Å². The lowest BCUT2D eigenvalue weighted by Crippen LogP contribution is -2.37. The van der Waals surface area contributed by atoms with Crippen LogP contribution in [-0.2, 0) is 22.6 Å². The molecule has 0 bridgehead atoms. The summed E-state index contributed by atoms with van der Waals surface area (Å²) in [5.41, 5.74) is 2.41. The average molecular weight is 421 g/mol. The van der Waals surface area contributed by atoms with E-state index in [1.165, 1.54) is 11.1 Å². The van der Waals surface area contributed by atoms with Gasteiger partial charge in [-0.25, -0.2) is 0 Å². The van der Waals surface area contributed by atoms with Crippen molar-refractivity contribution in [2.24, 2.45) is 4.99 Å². The number of benzene rings is 1. The number of methoxy groups -OCH3 is 1. The molecule has 0 atom stereocenters. The van der Waals surface area contributed by atoms with E-state index in [9.17, 15) is 0 Å². The predicted octanol–water partition coefficient (Wildman–Crippen LogP) is 2.54. The molecule has 0 saturated carbocycles. The molecule has 2 N–H and O–H groups in total. The molecule has 0 spiro atoms. The van der Waals surface area contributed by atoms with E-state index < -0.39 is 0 Å². The van der Waals surface area contributed by atoms with Crippen LogP contribution in [0.1, 0.15) is 24.5 Å². The SMILES string of the molecule is CCOCCCNC(=NC)NCc1ccccc1COC.I. The van der Waals surface area contributed by atoms with Crippen molar-refractivity contribution >= 4 is 29.9 Å². The van der Waals surface area contributed by atoms with Crippen molar-refractivity contribution in [2.75, 3.05) is 33.9 Å². The van der Waals surface area contributed by atoms with Crippen LogP contribution in [0.15, 0.2) is 29.3 Å². The van der Waals surface area contributed by atoms with Gasteiger partial charge in [-0.3, -0.25) is 4.99 Å². The van der Waals surface area contributed by atoms with E-state index in [0.29, 0.717) is 6.61 Å². The Balaban J connectivity index is 0.00000441. The van der Waals surface area contributed by atoms with Crippen LogP contribution in [0.2, 0.25) is 0 Å². The molecule has 126 valence electrons. The second kappa shape index (κ2) is 13.8. The first kappa shape index (κ1) is 21.1. The van der Waals surface area contributed by atoms with Gasteiger partial charge in [0, 0.05) is 40.5 Å². The number of hydrogen-bond acceptors (Lipinski definition) is 3. The predicted molar refractivity (Wildman–Crippen MR) is 102 cm³/mol.